The van der Waals surface area contributed by atoms with Gasteiger partial charge in [-0.3, -0.25) is 0 Å². The second kappa shape index (κ2) is 5.93. The first-order valence-electron chi connectivity index (χ1n) is 9.19. The second-order valence-corrected chi connectivity index (χ2v) is 8.04. The summed E-state index contributed by atoms with van der Waals surface area (Å²) >= 11 is 0. The van der Waals surface area contributed by atoms with E-state index in [2.05, 4.69) is 43.4 Å². The van der Waals surface area contributed by atoms with Gasteiger partial charge in [-0.2, -0.15) is 4.57 Å². The van der Waals surface area contributed by atoms with Crippen LogP contribution in [0.15, 0.2) is 36.1 Å². The lowest BCUT2D eigenvalue weighted by Crippen LogP contribution is -2.69. The van der Waals surface area contributed by atoms with Gasteiger partial charge in [0.1, 0.15) is 17.3 Å². The number of hydrogen-bond donors (Lipinski definition) is 0. The first kappa shape index (κ1) is 18.1. The number of halogens is 2. The molecule has 3 rings (SSSR count). The second-order valence-electron chi connectivity index (χ2n) is 8.04. The number of aromatic nitrogens is 1. The van der Waals surface area contributed by atoms with Crippen LogP contribution in [0.1, 0.15) is 52.7 Å². The van der Waals surface area contributed by atoms with Crippen LogP contribution < -0.4 is 9.47 Å². The van der Waals surface area contributed by atoms with Crippen LogP contribution >= 0.6 is 0 Å². The Hall–Kier alpha value is -1.71. The van der Waals surface area contributed by atoms with E-state index in [4.69, 9.17) is 0 Å². The van der Waals surface area contributed by atoms with E-state index >= 15 is 0 Å². The van der Waals surface area contributed by atoms with E-state index in [9.17, 15) is 8.78 Å². The van der Waals surface area contributed by atoms with Crippen LogP contribution in [-0.2, 0) is 5.54 Å². The molecule has 0 radical (unpaired) electrons. The summed E-state index contributed by atoms with van der Waals surface area (Å²) in [7, 11) is 4.02. The van der Waals surface area contributed by atoms with Crippen LogP contribution in [0.25, 0.3) is 5.57 Å². The van der Waals surface area contributed by atoms with Crippen molar-refractivity contribution in [1.82, 2.24) is 0 Å². The molecule has 0 aromatic carbocycles. The minimum Gasteiger partial charge on any atom is -0.373 e. The Bertz CT molecular complexity index is 765. The minimum atomic E-state index is -0.419. The van der Waals surface area contributed by atoms with Gasteiger partial charge in [-0.25, -0.2) is 8.78 Å². The zero-order valence-electron chi connectivity index (χ0n) is 16.2. The third kappa shape index (κ3) is 2.37. The molecule has 0 bridgehead atoms. The topological polar surface area (TPSA) is 7.12 Å². The van der Waals surface area contributed by atoms with Gasteiger partial charge in [0.25, 0.3) is 0 Å². The maximum atomic E-state index is 14.9. The standard InChI is InChI=1S/C21H29F2N2/c1-7-20(3)16-11-14(22)12-17(23)19(16)18-10-9-15(24(5)6)13-25(18)21(20,4)8-2/h9-10,12-13,16H,7-8,11H2,1-6H3/q+1. The molecule has 0 saturated carbocycles. The number of pyridine rings is 1. The van der Waals surface area contributed by atoms with E-state index in [0.29, 0.717) is 5.57 Å². The molecule has 0 N–H and O–H groups in total. The average molecular weight is 347 g/mol. The van der Waals surface area contributed by atoms with Gasteiger partial charge >= 0.3 is 0 Å². The van der Waals surface area contributed by atoms with E-state index in [0.717, 1.165) is 30.3 Å². The van der Waals surface area contributed by atoms with E-state index in [1.165, 1.54) is 0 Å². The summed E-state index contributed by atoms with van der Waals surface area (Å²) in [6.07, 6.45) is 5.25. The highest BCUT2D eigenvalue weighted by Gasteiger charge is 2.61. The summed E-state index contributed by atoms with van der Waals surface area (Å²) in [5, 5.41) is 0. The molecule has 25 heavy (non-hydrogen) atoms. The molecule has 3 atom stereocenters. The molecule has 0 amide bonds. The van der Waals surface area contributed by atoms with Crippen molar-refractivity contribution in [2.45, 2.75) is 52.5 Å². The molecule has 3 unspecified atom stereocenters. The highest BCUT2D eigenvalue weighted by atomic mass is 19.1. The van der Waals surface area contributed by atoms with Crippen LogP contribution in [0.5, 0.6) is 0 Å². The molecular formula is C21H29F2N2+. The summed E-state index contributed by atoms with van der Waals surface area (Å²) in [6, 6.07) is 4.01. The molecule has 2 heterocycles. The number of nitrogens with zero attached hydrogens (tertiary/aromatic N) is 2. The number of allylic oxidation sites excluding steroid dienone is 4. The van der Waals surface area contributed by atoms with Crippen molar-refractivity contribution in [2.24, 2.45) is 11.3 Å². The Kier molecular flexibility index (Phi) is 4.29. The molecule has 1 aromatic heterocycles. The number of hydrogen-bond acceptors (Lipinski definition) is 1. The summed E-state index contributed by atoms with van der Waals surface area (Å²) in [5.74, 6) is -0.904. The Morgan fingerprint density at radius 3 is 2.40 bits per heavy atom. The van der Waals surface area contributed by atoms with Crippen molar-refractivity contribution >= 4 is 11.3 Å². The molecule has 0 fully saturated rings. The molecule has 1 aliphatic heterocycles. The van der Waals surface area contributed by atoms with E-state index in [1.54, 1.807) is 0 Å². The highest BCUT2D eigenvalue weighted by molar-refractivity contribution is 5.71. The zero-order valence-corrected chi connectivity index (χ0v) is 16.2. The summed E-state index contributed by atoms with van der Waals surface area (Å²) in [5.41, 5.74) is 2.19. The number of fused-ring (bicyclic) bond motifs is 3. The van der Waals surface area contributed by atoms with E-state index in [1.807, 2.05) is 26.2 Å². The van der Waals surface area contributed by atoms with Crippen molar-refractivity contribution in [3.05, 3.63) is 41.8 Å². The van der Waals surface area contributed by atoms with Gasteiger partial charge in [-0.15, -0.1) is 0 Å². The molecule has 4 heteroatoms. The highest BCUT2D eigenvalue weighted by Crippen LogP contribution is 2.57. The van der Waals surface area contributed by atoms with Gasteiger partial charge in [0, 0.05) is 57.3 Å². The fourth-order valence-electron chi connectivity index (χ4n) is 4.82. The quantitative estimate of drug-likeness (QED) is 0.686. The molecule has 136 valence electrons. The fraction of sp³-hybridized carbons (Fsp3) is 0.571. The van der Waals surface area contributed by atoms with Crippen LogP contribution in [0, 0.1) is 11.3 Å². The van der Waals surface area contributed by atoms with Gasteiger partial charge in [-0.05, 0) is 12.5 Å². The maximum Gasteiger partial charge on any atom is 0.212 e. The third-order valence-corrected chi connectivity index (χ3v) is 6.97. The van der Waals surface area contributed by atoms with Crippen LogP contribution in [0.2, 0.25) is 0 Å². The van der Waals surface area contributed by atoms with Gasteiger partial charge in [0.2, 0.25) is 5.69 Å². The van der Waals surface area contributed by atoms with Crippen molar-refractivity contribution in [3.63, 3.8) is 0 Å². The van der Waals surface area contributed by atoms with Crippen molar-refractivity contribution in [1.29, 1.82) is 0 Å². The third-order valence-electron chi connectivity index (χ3n) is 6.97. The Morgan fingerprint density at radius 2 is 1.84 bits per heavy atom. The SMILES string of the molecule is CCC1(C)C2CC(F)=CC(F)=C2c2ccc(N(C)C)c[n+]2C1(C)CC. The fourth-order valence-corrected chi connectivity index (χ4v) is 4.82. The number of anilines is 1. The Labute approximate surface area is 149 Å². The number of rotatable bonds is 3. The first-order valence-corrected chi connectivity index (χ1v) is 9.19. The molecular weight excluding hydrogens is 318 g/mol. The van der Waals surface area contributed by atoms with Crippen molar-refractivity contribution < 1.29 is 13.3 Å². The molecule has 1 aliphatic carbocycles. The summed E-state index contributed by atoms with van der Waals surface area (Å²) < 4.78 is 31.3. The first-order chi connectivity index (χ1) is 11.7. The Balaban J connectivity index is 2.38. The monoisotopic (exact) mass is 347 g/mol. The van der Waals surface area contributed by atoms with Gasteiger partial charge < -0.3 is 4.90 Å². The lowest BCUT2D eigenvalue weighted by Gasteiger charge is -2.51. The molecule has 1 aromatic rings. The van der Waals surface area contributed by atoms with Gasteiger partial charge in [0.05, 0.1) is 5.57 Å². The summed E-state index contributed by atoms with van der Waals surface area (Å²) in [4.78, 5) is 2.06. The van der Waals surface area contributed by atoms with Crippen molar-refractivity contribution in [2.75, 3.05) is 19.0 Å². The lowest BCUT2D eigenvalue weighted by molar-refractivity contribution is -0.785. The van der Waals surface area contributed by atoms with Crippen LogP contribution in [-0.4, -0.2) is 14.1 Å². The van der Waals surface area contributed by atoms with Gasteiger partial charge in [-0.1, -0.05) is 20.8 Å². The van der Waals surface area contributed by atoms with Crippen LogP contribution in [0.4, 0.5) is 14.5 Å². The van der Waals surface area contributed by atoms with Crippen molar-refractivity contribution in [3.8, 4) is 0 Å². The molecule has 0 spiro atoms. The van der Waals surface area contributed by atoms with Crippen LogP contribution in [0.3, 0.4) is 0 Å². The average Bonchev–Trinajstić information content (AvgIpc) is 2.58. The predicted molar refractivity (Wildman–Crippen MR) is 98.6 cm³/mol. The normalized spacial score (nSPS) is 31.4. The van der Waals surface area contributed by atoms with Gasteiger partial charge in [0.15, 0.2) is 11.7 Å². The molecule has 0 saturated heterocycles. The molecule has 2 aliphatic rings. The Morgan fingerprint density at radius 1 is 1.16 bits per heavy atom. The lowest BCUT2D eigenvalue weighted by atomic mass is 9.55. The molecule has 2 nitrogen and oxygen atoms in total. The predicted octanol–water partition coefficient (Wildman–Crippen LogP) is 5.15. The zero-order chi connectivity index (χ0) is 18.6. The largest absolute Gasteiger partial charge is 0.373 e. The maximum absolute atomic E-state index is 14.9. The van der Waals surface area contributed by atoms with E-state index < -0.39 is 5.83 Å². The minimum absolute atomic E-state index is 0.141. The summed E-state index contributed by atoms with van der Waals surface area (Å²) in [6.45, 7) is 8.75. The smallest absolute Gasteiger partial charge is 0.212 e. The van der Waals surface area contributed by atoms with E-state index in [-0.39, 0.29) is 29.1 Å².